The van der Waals surface area contributed by atoms with E-state index in [0.29, 0.717) is 13.0 Å². The smallest absolute Gasteiger partial charge is 0.316 e. The number of hydrogen-bond acceptors (Lipinski definition) is 1. The second-order valence-corrected chi connectivity index (χ2v) is 3.90. The highest BCUT2D eigenvalue weighted by atomic mass is 35.5. The van der Waals surface area contributed by atoms with E-state index >= 15 is 0 Å². The van der Waals surface area contributed by atoms with Gasteiger partial charge in [0.05, 0.1) is 5.02 Å². The van der Waals surface area contributed by atoms with Crippen LogP contribution in [0.2, 0.25) is 5.02 Å². The molecule has 0 aliphatic rings. The van der Waals surface area contributed by atoms with Crippen LogP contribution < -0.4 is 0 Å². The van der Waals surface area contributed by atoms with Crippen molar-refractivity contribution in [2.24, 2.45) is 0 Å². The summed E-state index contributed by atoms with van der Waals surface area (Å²) < 4.78 is 12.8. The Labute approximate surface area is 97.6 Å². The van der Waals surface area contributed by atoms with E-state index in [1.165, 1.54) is 11.0 Å². The Bertz CT molecular complexity index is 370. The molecule has 0 unspecified atom stereocenters. The zero-order chi connectivity index (χ0) is 11.4. The maximum absolute atomic E-state index is 12.8. The van der Waals surface area contributed by atoms with E-state index in [9.17, 15) is 9.18 Å². The Morgan fingerprint density at radius 2 is 2.20 bits per heavy atom. The van der Waals surface area contributed by atoms with Gasteiger partial charge in [0.2, 0.25) is 0 Å². The number of likely N-dealkylation sites (N-methyl/N-ethyl adjacent to an activating group) is 1. The van der Waals surface area contributed by atoms with Crippen LogP contribution in [0.25, 0.3) is 0 Å². The first-order chi connectivity index (χ1) is 7.00. The summed E-state index contributed by atoms with van der Waals surface area (Å²) in [4.78, 5) is 12.1. The molecule has 0 saturated heterocycles. The quantitative estimate of drug-likeness (QED) is 0.595. The summed E-state index contributed by atoms with van der Waals surface area (Å²) in [6.07, 6.45) is 0.592. The van der Waals surface area contributed by atoms with Crippen molar-refractivity contribution in [3.05, 3.63) is 34.6 Å². The summed E-state index contributed by atoms with van der Waals surface area (Å²) in [6.45, 7) is 0.476. The Morgan fingerprint density at radius 1 is 1.53 bits per heavy atom. The summed E-state index contributed by atoms with van der Waals surface area (Å²) in [6, 6.07) is 4.48. The van der Waals surface area contributed by atoms with Gasteiger partial charge in [-0.15, -0.1) is 0 Å². The van der Waals surface area contributed by atoms with Crippen molar-refractivity contribution in [3.63, 3.8) is 0 Å². The fourth-order valence-electron chi connectivity index (χ4n) is 1.08. The molecule has 15 heavy (non-hydrogen) atoms. The minimum absolute atomic E-state index is 0.0901. The first-order valence-corrected chi connectivity index (χ1v) is 5.11. The molecular formula is C10H10Cl2FNO. The molecule has 1 aromatic rings. The SMILES string of the molecule is CN(CCc1ccc(F)c(Cl)c1)C(=O)Cl. The van der Waals surface area contributed by atoms with E-state index in [2.05, 4.69) is 0 Å². The van der Waals surface area contributed by atoms with Crippen LogP contribution in [-0.2, 0) is 6.42 Å². The predicted octanol–water partition coefficient (Wildman–Crippen LogP) is 3.31. The largest absolute Gasteiger partial charge is 0.332 e. The number of carbonyl (C=O) groups is 1. The van der Waals surface area contributed by atoms with Crippen molar-refractivity contribution in [2.45, 2.75) is 6.42 Å². The molecule has 0 heterocycles. The number of carbonyl (C=O) groups excluding carboxylic acids is 1. The summed E-state index contributed by atoms with van der Waals surface area (Å²) in [7, 11) is 1.60. The van der Waals surface area contributed by atoms with Crippen LogP contribution in [0.5, 0.6) is 0 Å². The summed E-state index contributed by atoms with van der Waals surface area (Å²) >= 11 is 10.9. The fraction of sp³-hybridized carbons (Fsp3) is 0.300. The first kappa shape index (κ1) is 12.3. The highest BCUT2D eigenvalue weighted by Crippen LogP contribution is 2.16. The Morgan fingerprint density at radius 3 is 2.73 bits per heavy atom. The van der Waals surface area contributed by atoms with E-state index in [4.69, 9.17) is 23.2 Å². The second-order valence-electron chi connectivity index (χ2n) is 3.17. The van der Waals surface area contributed by atoms with Crippen molar-refractivity contribution in [2.75, 3.05) is 13.6 Å². The van der Waals surface area contributed by atoms with Crippen LogP contribution in [0.1, 0.15) is 5.56 Å². The zero-order valence-corrected chi connectivity index (χ0v) is 9.65. The van der Waals surface area contributed by atoms with Crippen molar-refractivity contribution in [3.8, 4) is 0 Å². The predicted molar refractivity (Wildman–Crippen MR) is 59.0 cm³/mol. The Balaban J connectivity index is 2.58. The lowest BCUT2D eigenvalue weighted by atomic mass is 10.1. The lowest BCUT2D eigenvalue weighted by Gasteiger charge is -2.12. The van der Waals surface area contributed by atoms with E-state index in [0.717, 1.165) is 5.56 Å². The first-order valence-electron chi connectivity index (χ1n) is 4.35. The number of hydrogen-bond donors (Lipinski definition) is 0. The molecule has 0 fully saturated rings. The van der Waals surface area contributed by atoms with Crippen LogP contribution in [0, 0.1) is 5.82 Å². The molecule has 0 atom stereocenters. The Kier molecular flexibility index (Phi) is 4.36. The minimum atomic E-state index is -0.511. The van der Waals surface area contributed by atoms with Gasteiger partial charge in [0, 0.05) is 13.6 Å². The molecule has 1 rings (SSSR count). The highest BCUT2D eigenvalue weighted by molar-refractivity contribution is 6.62. The molecule has 5 heteroatoms. The topological polar surface area (TPSA) is 20.3 Å². The lowest BCUT2D eigenvalue weighted by molar-refractivity contribution is 0.232. The molecule has 0 aliphatic heterocycles. The van der Waals surface area contributed by atoms with E-state index in [1.807, 2.05) is 0 Å². The van der Waals surface area contributed by atoms with Crippen molar-refractivity contribution in [1.82, 2.24) is 4.90 Å². The van der Waals surface area contributed by atoms with Crippen LogP contribution in [0.15, 0.2) is 18.2 Å². The van der Waals surface area contributed by atoms with Gasteiger partial charge in [0.15, 0.2) is 0 Å². The van der Waals surface area contributed by atoms with Crippen LogP contribution >= 0.6 is 23.2 Å². The molecule has 0 saturated carbocycles. The Hall–Kier alpha value is -0.800. The van der Waals surface area contributed by atoms with E-state index in [1.54, 1.807) is 19.2 Å². The third-order valence-electron chi connectivity index (χ3n) is 2.02. The average Bonchev–Trinajstić information content (AvgIpc) is 2.19. The van der Waals surface area contributed by atoms with Gasteiger partial charge in [0.25, 0.3) is 0 Å². The third kappa shape index (κ3) is 3.68. The van der Waals surface area contributed by atoms with Crippen LogP contribution in [0.4, 0.5) is 9.18 Å². The maximum Gasteiger partial charge on any atom is 0.316 e. The van der Waals surface area contributed by atoms with Crippen molar-refractivity contribution < 1.29 is 9.18 Å². The van der Waals surface area contributed by atoms with Gasteiger partial charge in [-0.05, 0) is 35.7 Å². The van der Waals surface area contributed by atoms with Gasteiger partial charge in [-0.2, -0.15) is 0 Å². The number of benzene rings is 1. The summed E-state index contributed by atoms with van der Waals surface area (Å²) in [5.41, 5.74) is 0.867. The van der Waals surface area contributed by atoms with Gasteiger partial charge < -0.3 is 4.90 Å². The normalized spacial score (nSPS) is 10.1. The van der Waals surface area contributed by atoms with Gasteiger partial charge >= 0.3 is 5.37 Å². The molecule has 82 valence electrons. The molecule has 1 aromatic carbocycles. The standard InChI is InChI=1S/C10H10Cl2FNO/c1-14(10(12)15)5-4-7-2-3-9(13)8(11)6-7/h2-3,6H,4-5H2,1H3. The molecule has 1 amide bonds. The molecule has 0 aromatic heterocycles. The monoisotopic (exact) mass is 249 g/mol. The van der Waals surface area contributed by atoms with E-state index in [-0.39, 0.29) is 5.02 Å². The van der Waals surface area contributed by atoms with E-state index < -0.39 is 11.2 Å². The molecule has 2 nitrogen and oxygen atoms in total. The molecular weight excluding hydrogens is 240 g/mol. The number of nitrogens with zero attached hydrogens (tertiary/aromatic N) is 1. The second kappa shape index (κ2) is 5.33. The molecule has 0 bridgehead atoms. The van der Waals surface area contributed by atoms with Gasteiger partial charge in [0.1, 0.15) is 5.82 Å². The molecule has 0 spiro atoms. The lowest BCUT2D eigenvalue weighted by Crippen LogP contribution is -2.23. The van der Waals surface area contributed by atoms with Crippen molar-refractivity contribution >= 4 is 28.6 Å². The summed E-state index contributed by atoms with van der Waals surface area (Å²) in [5, 5.41) is -0.421. The van der Waals surface area contributed by atoms with Crippen molar-refractivity contribution in [1.29, 1.82) is 0 Å². The van der Waals surface area contributed by atoms with Crippen LogP contribution in [-0.4, -0.2) is 23.9 Å². The number of amides is 1. The molecule has 0 N–H and O–H groups in total. The fourth-order valence-corrected chi connectivity index (χ4v) is 1.37. The highest BCUT2D eigenvalue weighted by Gasteiger charge is 2.05. The number of halogens is 3. The number of rotatable bonds is 3. The molecule has 0 radical (unpaired) electrons. The van der Waals surface area contributed by atoms with Gasteiger partial charge in [-0.1, -0.05) is 17.7 Å². The van der Waals surface area contributed by atoms with Gasteiger partial charge in [-0.3, -0.25) is 4.79 Å². The minimum Gasteiger partial charge on any atom is -0.332 e. The maximum atomic E-state index is 12.8. The average molecular weight is 250 g/mol. The van der Waals surface area contributed by atoms with Crippen LogP contribution in [0.3, 0.4) is 0 Å². The third-order valence-corrected chi connectivity index (χ3v) is 2.60. The molecule has 0 aliphatic carbocycles. The zero-order valence-electron chi connectivity index (χ0n) is 8.14. The summed E-state index contributed by atoms with van der Waals surface area (Å²) in [5.74, 6) is -0.442. The van der Waals surface area contributed by atoms with Gasteiger partial charge in [-0.25, -0.2) is 4.39 Å².